The zero-order valence-corrected chi connectivity index (χ0v) is 10.7. The maximum absolute atomic E-state index is 11.6. The molecule has 0 unspecified atom stereocenters. The number of para-hydroxylation sites is 1. The number of nitrogens with zero attached hydrogens (tertiary/aromatic N) is 1. The van der Waals surface area contributed by atoms with Crippen LogP contribution in [0.5, 0.6) is 0 Å². The summed E-state index contributed by atoms with van der Waals surface area (Å²) in [4.78, 5) is 34.3. The summed E-state index contributed by atoms with van der Waals surface area (Å²) < 4.78 is 5.86. The van der Waals surface area contributed by atoms with Gasteiger partial charge in [0.25, 0.3) is 0 Å². The van der Waals surface area contributed by atoms with Gasteiger partial charge < -0.3 is 4.74 Å². The largest absolute Gasteiger partial charge is 0.463 e. The highest BCUT2D eigenvalue weighted by Gasteiger charge is 2.18. The van der Waals surface area contributed by atoms with Crippen molar-refractivity contribution in [3.8, 4) is 0 Å². The highest BCUT2D eigenvalue weighted by Crippen LogP contribution is 2.22. The molecule has 5 nitrogen and oxygen atoms in total. The van der Waals surface area contributed by atoms with Gasteiger partial charge in [0, 0.05) is 24.9 Å². The van der Waals surface area contributed by atoms with E-state index < -0.39 is 11.8 Å². The number of ketones is 1. The van der Waals surface area contributed by atoms with Gasteiger partial charge >= 0.3 is 5.97 Å². The number of hydrogen-bond acceptors (Lipinski definition) is 4. The number of carbonyl (C=O) groups excluding carboxylic acids is 3. The van der Waals surface area contributed by atoms with E-state index in [9.17, 15) is 14.4 Å². The van der Waals surface area contributed by atoms with Gasteiger partial charge in [0.1, 0.15) is 0 Å². The minimum Gasteiger partial charge on any atom is -0.463 e. The molecule has 0 fully saturated rings. The third kappa shape index (κ3) is 2.40. The number of rotatable bonds is 3. The molecule has 2 aromatic rings. The molecule has 0 saturated carbocycles. The second-order valence-electron chi connectivity index (χ2n) is 4.15. The van der Waals surface area contributed by atoms with Crippen LogP contribution in [0, 0.1) is 0 Å². The number of aromatic nitrogens is 1. The highest BCUT2D eigenvalue weighted by molar-refractivity contribution is 6.34. The van der Waals surface area contributed by atoms with Crippen LogP contribution in [0.4, 0.5) is 0 Å². The fourth-order valence-corrected chi connectivity index (χ4v) is 2.01. The summed E-state index contributed by atoms with van der Waals surface area (Å²) in [7, 11) is 1.17. The number of ether oxygens (including phenoxy) is 1. The summed E-state index contributed by atoms with van der Waals surface area (Å²) in [6, 6.07) is 7.24. The van der Waals surface area contributed by atoms with Crippen LogP contribution < -0.4 is 0 Å². The third-order valence-corrected chi connectivity index (χ3v) is 2.90. The number of esters is 1. The summed E-state index contributed by atoms with van der Waals surface area (Å²) in [6.07, 6.45) is 1.52. The van der Waals surface area contributed by atoms with Crippen LogP contribution in [-0.2, 0) is 20.7 Å². The van der Waals surface area contributed by atoms with Crippen LogP contribution in [-0.4, -0.2) is 29.3 Å². The number of methoxy groups -OCH3 is 1. The second-order valence-corrected chi connectivity index (χ2v) is 4.15. The molecule has 1 heterocycles. The van der Waals surface area contributed by atoms with Gasteiger partial charge in [-0.25, -0.2) is 4.79 Å². The zero-order valence-electron chi connectivity index (χ0n) is 10.7. The quantitative estimate of drug-likeness (QED) is 0.620. The first-order valence-corrected chi connectivity index (χ1v) is 5.75. The molecule has 0 atom stereocenters. The van der Waals surface area contributed by atoms with Gasteiger partial charge in [0.2, 0.25) is 11.7 Å². The molecule has 0 saturated heterocycles. The first-order chi connectivity index (χ1) is 9.04. The molecule has 0 amide bonds. The van der Waals surface area contributed by atoms with Crippen LogP contribution >= 0.6 is 0 Å². The maximum Gasteiger partial charge on any atom is 0.374 e. The van der Waals surface area contributed by atoms with Crippen molar-refractivity contribution in [2.24, 2.45) is 0 Å². The van der Waals surface area contributed by atoms with Crippen molar-refractivity contribution in [1.82, 2.24) is 4.57 Å². The molecule has 1 aromatic carbocycles. The number of hydrogen-bond donors (Lipinski definition) is 0. The molecule has 1 aromatic heterocycles. The lowest BCUT2D eigenvalue weighted by molar-refractivity contribution is -0.151. The summed E-state index contributed by atoms with van der Waals surface area (Å²) in [5.74, 6) is -1.65. The average Bonchev–Trinajstić information content (AvgIpc) is 2.77. The van der Waals surface area contributed by atoms with Gasteiger partial charge in [-0.3, -0.25) is 14.2 Å². The van der Waals surface area contributed by atoms with Gasteiger partial charge in [-0.1, -0.05) is 18.2 Å². The van der Waals surface area contributed by atoms with Crippen molar-refractivity contribution in [3.63, 3.8) is 0 Å². The predicted octanol–water partition coefficient (Wildman–Crippen LogP) is 1.59. The van der Waals surface area contributed by atoms with Crippen LogP contribution in [0.3, 0.4) is 0 Å². The molecule has 19 heavy (non-hydrogen) atoms. The zero-order chi connectivity index (χ0) is 14.0. The third-order valence-electron chi connectivity index (χ3n) is 2.90. The Hall–Kier alpha value is -2.43. The fourth-order valence-electron chi connectivity index (χ4n) is 2.01. The number of Topliss-reactive ketones (excluding diaryl/α,β-unsaturated/α-hetero) is 1. The van der Waals surface area contributed by atoms with Crippen LogP contribution in [0.25, 0.3) is 10.9 Å². The van der Waals surface area contributed by atoms with E-state index in [4.69, 9.17) is 0 Å². The highest BCUT2D eigenvalue weighted by atomic mass is 16.5. The van der Waals surface area contributed by atoms with Gasteiger partial charge in [0.05, 0.1) is 12.6 Å². The van der Waals surface area contributed by atoms with Gasteiger partial charge in [-0.15, -0.1) is 0 Å². The lowest BCUT2D eigenvalue weighted by atomic mass is 10.1. The first-order valence-electron chi connectivity index (χ1n) is 5.75. The molecule has 5 heteroatoms. The van der Waals surface area contributed by atoms with Crippen molar-refractivity contribution in [1.29, 1.82) is 0 Å². The Balaban J connectivity index is 2.47. The predicted molar refractivity (Wildman–Crippen MR) is 69.0 cm³/mol. The molecule has 0 N–H and O–H groups in total. The van der Waals surface area contributed by atoms with Crippen molar-refractivity contribution in [2.45, 2.75) is 13.3 Å². The Labute approximate surface area is 109 Å². The Morgan fingerprint density at radius 2 is 1.89 bits per heavy atom. The minimum absolute atomic E-state index is 0.0759. The lowest BCUT2D eigenvalue weighted by Gasteiger charge is -1.97. The monoisotopic (exact) mass is 259 g/mol. The van der Waals surface area contributed by atoms with Crippen LogP contribution in [0.15, 0.2) is 30.5 Å². The van der Waals surface area contributed by atoms with E-state index in [1.165, 1.54) is 18.6 Å². The minimum atomic E-state index is -0.875. The molecular weight excluding hydrogens is 246 g/mol. The molecular formula is C14H13NO4. The average molecular weight is 259 g/mol. The van der Waals surface area contributed by atoms with E-state index in [1.807, 2.05) is 18.2 Å². The molecule has 0 aliphatic carbocycles. The molecule has 0 spiro atoms. The van der Waals surface area contributed by atoms with Crippen LogP contribution in [0.1, 0.15) is 17.3 Å². The van der Waals surface area contributed by atoms with Gasteiger partial charge in [-0.05, 0) is 11.6 Å². The Morgan fingerprint density at radius 1 is 1.21 bits per heavy atom. The molecule has 0 radical (unpaired) electrons. The van der Waals surface area contributed by atoms with E-state index in [1.54, 1.807) is 12.3 Å². The summed E-state index contributed by atoms with van der Waals surface area (Å²) in [6.45, 7) is 1.44. The maximum atomic E-state index is 11.6. The SMILES string of the molecule is COC(=O)C(=O)Cc1cn(C(C)=O)c2ccccc12. The van der Waals surface area contributed by atoms with E-state index >= 15 is 0 Å². The number of fused-ring (bicyclic) bond motifs is 1. The molecule has 98 valence electrons. The molecule has 0 aliphatic heterocycles. The second kappa shape index (κ2) is 5.06. The number of benzene rings is 1. The normalized spacial score (nSPS) is 10.4. The fraction of sp³-hybridized carbons (Fsp3) is 0.214. The standard InChI is InChI=1S/C14H13NO4/c1-9(16)15-8-10(7-13(17)14(18)19-2)11-5-3-4-6-12(11)15/h3-6,8H,7H2,1-2H3. The molecule has 0 aliphatic rings. The molecule has 0 bridgehead atoms. The molecule has 2 rings (SSSR count). The lowest BCUT2D eigenvalue weighted by Crippen LogP contribution is -2.17. The van der Waals surface area contributed by atoms with Crippen molar-refractivity contribution in [3.05, 3.63) is 36.0 Å². The summed E-state index contributed by atoms with van der Waals surface area (Å²) >= 11 is 0. The number of carbonyl (C=O) groups is 3. The Morgan fingerprint density at radius 3 is 2.53 bits per heavy atom. The van der Waals surface area contributed by atoms with Crippen molar-refractivity contribution >= 4 is 28.6 Å². The summed E-state index contributed by atoms with van der Waals surface area (Å²) in [5.41, 5.74) is 1.36. The first kappa shape index (κ1) is 13.0. The van der Waals surface area contributed by atoms with E-state index in [2.05, 4.69) is 4.74 Å². The van der Waals surface area contributed by atoms with E-state index in [-0.39, 0.29) is 12.3 Å². The van der Waals surface area contributed by atoms with Crippen molar-refractivity contribution < 1.29 is 19.1 Å². The van der Waals surface area contributed by atoms with Crippen molar-refractivity contribution in [2.75, 3.05) is 7.11 Å². The van der Waals surface area contributed by atoms with E-state index in [0.717, 1.165) is 10.9 Å². The smallest absolute Gasteiger partial charge is 0.374 e. The van der Waals surface area contributed by atoms with Crippen LogP contribution in [0.2, 0.25) is 0 Å². The Kier molecular flexibility index (Phi) is 3.46. The topological polar surface area (TPSA) is 65.4 Å². The Bertz CT molecular complexity index is 669. The van der Waals surface area contributed by atoms with Gasteiger partial charge in [-0.2, -0.15) is 0 Å². The summed E-state index contributed by atoms with van der Waals surface area (Å²) in [5, 5.41) is 0.787. The van der Waals surface area contributed by atoms with E-state index in [0.29, 0.717) is 5.56 Å². The van der Waals surface area contributed by atoms with Gasteiger partial charge in [0.15, 0.2) is 0 Å².